The highest BCUT2D eigenvalue weighted by atomic mass is 16.5. The molecule has 0 amide bonds. The maximum Gasteiger partial charge on any atom is 0.202 e. The van der Waals surface area contributed by atoms with Crippen LogP contribution in [0.5, 0.6) is 28.7 Å². The maximum atomic E-state index is 13.1. The monoisotopic (exact) mass is 508 g/mol. The number of phenolic OH excluding ortho intramolecular Hbond substituents is 4. The van der Waals surface area contributed by atoms with Gasteiger partial charge in [0.1, 0.15) is 34.3 Å². The zero-order valence-corrected chi connectivity index (χ0v) is 22.0. The van der Waals surface area contributed by atoms with Crippen molar-refractivity contribution in [2.24, 2.45) is 0 Å². The minimum Gasteiger partial charge on any atom is -0.508 e. The standard InChI is InChI=1S/C30H36O7/c1-16(2)7-6-8-18(5)10-12-19-22(31)14-13-21(26(19)33)30-29(36)28(35)25-24(37-30)15-23(32)20(27(25)34)11-9-17(3)4/h7,9-10,13-15,29-34,36H,6,8,11-12H2,1-5H3/t29-,30+/m0/s1. The second-order valence-corrected chi connectivity index (χ2v) is 10.0. The second-order valence-electron chi connectivity index (χ2n) is 10.0. The second kappa shape index (κ2) is 11.6. The van der Waals surface area contributed by atoms with Gasteiger partial charge >= 0.3 is 0 Å². The summed E-state index contributed by atoms with van der Waals surface area (Å²) in [6.45, 7) is 9.80. The zero-order chi connectivity index (χ0) is 27.4. The van der Waals surface area contributed by atoms with Crippen LogP contribution in [-0.4, -0.2) is 37.4 Å². The van der Waals surface area contributed by atoms with Crippen LogP contribution in [-0.2, 0) is 12.8 Å². The molecule has 0 saturated heterocycles. The van der Waals surface area contributed by atoms with Gasteiger partial charge in [-0.3, -0.25) is 4.79 Å². The summed E-state index contributed by atoms with van der Waals surface area (Å²) in [6, 6.07) is 4.00. The Hall–Kier alpha value is -3.71. The Morgan fingerprint density at radius 3 is 2.14 bits per heavy atom. The van der Waals surface area contributed by atoms with Crippen LogP contribution in [0.2, 0.25) is 0 Å². The predicted molar refractivity (Wildman–Crippen MR) is 143 cm³/mol. The molecule has 7 nitrogen and oxygen atoms in total. The van der Waals surface area contributed by atoms with Crippen LogP contribution >= 0.6 is 0 Å². The normalized spacial score (nSPS) is 17.1. The SMILES string of the molecule is CC(C)=CCCC(C)=CCc1c(O)ccc([C@H]2Oc3cc(O)c(CC=C(C)C)c(O)c3C(=O)[C@@H]2O)c1O. The molecule has 0 aromatic heterocycles. The van der Waals surface area contributed by atoms with Crippen molar-refractivity contribution in [3.63, 3.8) is 0 Å². The van der Waals surface area contributed by atoms with E-state index in [1.54, 1.807) is 6.08 Å². The minimum absolute atomic E-state index is 0.0970. The molecule has 0 aliphatic carbocycles. The number of hydrogen-bond acceptors (Lipinski definition) is 7. The minimum atomic E-state index is -1.72. The molecule has 7 heteroatoms. The topological polar surface area (TPSA) is 127 Å². The molecule has 1 heterocycles. The number of aromatic hydroxyl groups is 4. The highest BCUT2D eigenvalue weighted by Crippen LogP contribution is 2.47. The van der Waals surface area contributed by atoms with E-state index in [-0.39, 0.29) is 58.1 Å². The number of aliphatic hydroxyl groups excluding tert-OH is 1. The van der Waals surface area contributed by atoms with Crippen molar-refractivity contribution in [1.29, 1.82) is 0 Å². The fourth-order valence-electron chi connectivity index (χ4n) is 4.27. The van der Waals surface area contributed by atoms with E-state index < -0.39 is 23.7 Å². The summed E-state index contributed by atoms with van der Waals surface area (Å²) in [5, 5.41) is 53.5. The summed E-state index contributed by atoms with van der Waals surface area (Å²) in [6.07, 6.45) is 5.00. The molecule has 0 bridgehead atoms. The largest absolute Gasteiger partial charge is 0.508 e. The summed E-state index contributed by atoms with van der Waals surface area (Å²) >= 11 is 0. The summed E-state index contributed by atoms with van der Waals surface area (Å²) in [7, 11) is 0. The third kappa shape index (κ3) is 6.17. The average molecular weight is 509 g/mol. The van der Waals surface area contributed by atoms with Crippen molar-refractivity contribution in [3.8, 4) is 28.7 Å². The summed E-state index contributed by atoms with van der Waals surface area (Å²) < 4.78 is 5.85. The van der Waals surface area contributed by atoms with Crippen LogP contribution in [0.15, 0.2) is 53.1 Å². The van der Waals surface area contributed by atoms with Crippen molar-refractivity contribution in [2.75, 3.05) is 0 Å². The smallest absolute Gasteiger partial charge is 0.202 e. The number of fused-ring (bicyclic) bond motifs is 1. The average Bonchev–Trinajstić information content (AvgIpc) is 2.80. The molecular formula is C30H36O7. The molecule has 5 N–H and O–H groups in total. The highest BCUT2D eigenvalue weighted by molar-refractivity contribution is 6.06. The Morgan fingerprint density at radius 2 is 1.49 bits per heavy atom. The van der Waals surface area contributed by atoms with Gasteiger partial charge in [0, 0.05) is 22.8 Å². The van der Waals surface area contributed by atoms with Crippen molar-refractivity contribution < 1.29 is 35.1 Å². The fraction of sp³-hybridized carbons (Fsp3) is 0.367. The van der Waals surface area contributed by atoms with Crippen LogP contribution in [0.1, 0.15) is 80.6 Å². The molecule has 0 unspecified atom stereocenters. The van der Waals surface area contributed by atoms with E-state index >= 15 is 0 Å². The molecule has 2 aromatic rings. The van der Waals surface area contributed by atoms with E-state index in [1.165, 1.54) is 23.8 Å². The van der Waals surface area contributed by atoms with Gasteiger partial charge in [-0.05, 0) is 72.4 Å². The molecule has 2 atom stereocenters. The van der Waals surface area contributed by atoms with Crippen molar-refractivity contribution in [2.45, 2.75) is 72.5 Å². The van der Waals surface area contributed by atoms with Gasteiger partial charge in [-0.1, -0.05) is 34.9 Å². The number of phenols is 4. The highest BCUT2D eigenvalue weighted by Gasteiger charge is 2.41. The molecule has 0 spiro atoms. The van der Waals surface area contributed by atoms with Crippen LogP contribution in [0.3, 0.4) is 0 Å². The molecule has 198 valence electrons. The third-order valence-electron chi connectivity index (χ3n) is 6.46. The number of hydrogen-bond donors (Lipinski definition) is 5. The number of ketones is 1. The zero-order valence-electron chi connectivity index (χ0n) is 22.0. The molecular weight excluding hydrogens is 472 g/mol. The van der Waals surface area contributed by atoms with Gasteiger partial charge in [0.2, 0.25) is 5.78 Å². The van der Waals surface area contributed by atoms with Gasteiger partial charge in [-0.25, -0.2) is 0 Å². The number of Topliss-reactive ketones (excluding diaryl/α,β-unsaturated/α-hetero) is 1. The van der Waals surface area contributed by atoms with E-state index in [4.69, 9.17) is 4.74 Å². The molecule has 1 aliphatic heterocycles. The molecule has 2 aromatic carbocycles. The number of aliphatic hydroxyl groups is 1. The van der Waals surface area contributed by atoms with Crippen molar-refractivity contribution >= 4 is 5.78 Å². The lowest BCUT2D eigenvalue weighted by Gasteiger charge is -2.31. The third-order valence-corrected chi connectivity index (χ3v) is 6.46. The van der Waals surface area contributed by atoms with Crippen LogP contribution in [0, 0.1) is 0 Å². The van der Waals surface area contributed by atoms with Gasteiger partial charge in [0.15, 0.2) is 12.2 Å². The first-order valence-electron chi connectivity index (χ1n) is 12.3. The van der Waals surface area contributed by atoms with E-state index in [2.05, 4.69) is 6.08 Å². The Kier molecular flexibility index (Phi) is 8.71. The molecule has 1 aliphatic rings. The lowest BCUT2D eigenvalue weighted by Crippen LogP contribution is -2.36. The molecule has 37 heavy (non-hydrogen) atoms. The maximum absolute atomic E-state index is 13.1. The Balaban J connectivity index is 1.94. The summed E-state index contributed by atoms with van der Waals surface area (Å²) in [5.74, 6) is -1.99. The van der Waals surface area contributed by atoms with E-state index in [0.29, 0.717) is 0 Å². The van der Waals surface area contributed by atoms with Gasteiger partial charge in [0.05, 0.1) is 0 Å². The van der Waals surface area contributed by atoms with Gasteiger partial charge < -0.3 is 30.3 Å². The van der Waals surface area contributed by atoms with Gasteiger partial charge in [-0.15, -0.1) is 0 Å². The number of carbonyl (C=O) groups is 1. The fourth-order valence-corrected chi connectivity index (χ4v) is 4.27. The number of rotatable bonds is 8. The van der Waals surface area contributed by atoms with Crippen LogP contribution in [0.25, 0.3) is 0 Å². The lowest BCUT2D eigenvalue weighted by atomic mass is 9.89. The van der Waals surface area contributed by atoms with E-state index in [9.17, 15) is 30.3 Å². The van der Waals surface area contributed by atoms with Crippen molar-refractivity contribution in [1.82, 2.24) is 0 Å². The number of carbonyl (C=O) groups excluding carboxylic acids is 1. The van der Waals surface area contributed by atoms with Crippen LogP contribution < -0.4 is 4.74 Å². The molecule has 3 rings (SSSR count). The van der Waals surface area contributed by atoms with E-state index in [1.807, 2.05) is 40.7 Å². The van der Waals surface area contributed by atoms with Crippen LogP contribution in [0.4, 0.5) is 0 Å². The van der Waals surface area contributed by atoms with Gasteiger partial charge in [-0.2, -0.15) is 0 Å². The molecule has 0 fully saturated rings. The lowest BCUT2D eigenvalue weighted by molar-refractivity contribution is 0.0202. The van der Waals surface area contributed by atoms with Crippen molar-refractivity contribution in [3.05, 3.63) is 75.4 Å². The summed E-state index contributed by atoms with van der Waals surface area (Å²) in [4.78, 5) is 13.1. The molecule has 0 saturated carbocycles. The van der Waals surface area contributed by atoms with E-state index in [0.717, 1.165) is 24.0 Å². The molecule has 0 radical (unpaired) electrons. The Morgan fingerprint density at radius 1 is 0.865 bits per heavy atom. The first-order valence-corrected chi connectivity index (χ1v) is 12.3. The van der Waals surface area contributed by atoms with Gasteiger partial charge in [0.25, 0.3) is 0 Å². The Labute approximate surface area is 217 Å². The predicted octanol–water partition coefficient (Wildman–Crippen LogP) is 5.93. The summed E-state index contributed by atoms with van der Waals surface area (Å²) in [5.41, 5.74) is 3.60. The quantitative estimate of drug-likeness (QED) is 0.280. The Bertz CT molecular complexity index is 1280. The number of benzene rings is 2. The first-order chi connectivity index (χ1) is 17.4. The number of ether oxygens (including phenoxy) is 1. The number of allylic oxidation sites excluding steroid dienone is 6. The first kappa shape index (κ1) is 27.9.